The van der Waals surface area contributed by atoms with Crippen molar-refractivity contribution in [2.24, 2.45) is 0 Å². The zero-order valence-electron chi connectivity index (χ0n) is 13.0. The van der Waals surface area contributed by atoms with Crippen LogP contribution >= 0.6 is 0 Å². The van der Waals surface area contributed by atoms with Gasteiger partial charge in [0.25, 0.3) is 0 Å². The molecule has 0 saturated carbocycles. The van der Waals surface area contributed by atoms with Gasteiger partial charge in [0.05, 0.1) is 0 Å². The van der Waals surface area contributed by atoms with Gasteiger partial charge in [0.2, 0.25) is 0 Å². The molecule has 1 amide bonds. The lowest BCUT2D eigenvalue weighted by molar-refractivity contribution is 0.155. The zero-order chi connectivity index (χ0) is 16.6. The van der Waals surface area contributed by atoms with Crippen LogP contribution in [0, 0.1) is 0 Å². The van der Waals surface area contributed by atoms with E-state index in [1.807, 2.05) is 60.7 Å². The van der Waals surface area contributed by atoms with Crippen LogP contribution < -0.4 is 10.1 Å². The van der Waals surface area contributed by atoms with E-state index in [1.54, 1.807) is 24.3 Å². The van der Waals surface area contributed by atoms with Crippen molar-refractivity contribution in [3.63, 3.8) is 0 Å². The first kappa shape index (κ1) is 15.6. The van der Waals surface area contributed by atoms with E-state index in [0.717, 1.165) is 11.3 Å². The molecule has 4 nitrogen and oxygen atoms in total. The lowest BCUT2D eigenvalue weighted by Gasteiger charge is -2.09. The molecule has 0 radical (unpaired) electrons. The fourth-order valence-corrected chi connectivity index (χ4v) is 2.11. The Morgan fingerprint density at radius 2 is 1.33 bits per heavy atom. The van der Waals surface area contributed by atoms with Crippen LogP contribution in [0.3, 0.4) is 0 Å². The minimum absolute atomic E-state index is 0.238. The fourth-order valence-electron chi connectivity index (χ4n) is 2.11. The van der Waals surface area contributed by atoms with Crippen LogP contribution in [-0.4, -0.2) is 6.09 Å². The lowest BCUT2D eigenvalue weighted by atomic mass is 10.2. The molecule has 120 valence electrons. The highest BCUT2D eigenvalue weighted by Crippen LogP contribution is 2.22. The van der Waals surface area contributed by atoms with Gasteiger partial charge < -0.3 is 9.47 Å². The van der Waals surface area contributed by atoms with Gasteiger partial charge in [-0.3, -0.25) is 5.32 Å². The number of carbonyl (C=O) groups is 1. The Hall–Kier alpha value is -3.27. The van der Waals surface area contributed by atoms with Crippen LogP contribution in [0.25, 0.3) is 0 Å². The van der Waals surface area contributed by atoms with E-state index in [2.05, 4.69) is 5.32 Å². The number of ether oxygens (including phenoxy) is 2. The summed E-state index contributed by atoms with van der Waals surface area (Å²) in [5, 5.41) is 2.69. The summed E-state index contributed by atoms with van der Waals surface area (Å²) in [7, 11) is 0. The van der Waals surface area contributed by atoms with Crippen LogP contribution in [0.15, 0.2) is 84.9 Å². The third kappa shape index (κ3) is 4.61. The number of benzene rings is 3. The first-order valence-electron chi connectivity index (χ1n) is 7.60. The number of hydrogen-bond donors (Lipinski definition) is 1. The molecule has 0 aliphatic rings. The van der Waals surface area contributed by atoms with Crippen molar-refractivity contribution in [1.82, 2.24) is 0 Å². The molecule has 0 aliphatic carbocycles. The normalized spacial score (nSPS) is 10.0. The fraction of sp³-hybridized carbons (Fsp3) is 0.0500. The molecule has 0 unspecified atom stereocenters. The van der Waals surface area contributed by atoms with Crippen LogP contribution in [0.1, 0.15) is 5.56 Å². The minimum Gasteiger partial charge on any atom is -0.457 e. The summed E-state index contributed by atoms with van der Waals surface area (Å²) in [4.78, 5) is 11.8. The predicted octanol–water partition coefficient (Wildman–Crippen LogP) is 5.23. The standard InChI is InChI=1S/C20H17NO3/c22-20(23-15-16-7-3-1-4-8-16)21-17-11-13-19(14-12-17)24-18-9-5-2-6-10-18/h1-14H,15H2,(H,21,22). The van der Waals surface area contributed by atoms with E-state index in [1.165, 1.54) is 0 Å². The topological polar surface area (TPSA) is 47.6 Å². The Morgan fingerprint density at radius 1 is 0.750 bits per heavy atom. The summed E-state index contributed by atoms with van der Waals surface area (Å²) in [5.41, 5.74) is 1.59. The van der Waals surface area contributed by atoms with E-state index in [9.17, 15) is 4.79 Å². The number of rotatable bonds is 5. The SMILES string of the molecule is O=C(Nc1ccc(Oc2ccccc2)cc1)OCc1ccccc1. The average Bonchev–Trinajstić information content (AvgIpc) is 2.63. The van der Waals surface area contributed by atoms with Crippen molar-refractivity contribution in [2.45, 2.75) is 6.61 Å². The highest BCUT2D eigenvalue weighted by Gasteiger charge is 2.04. The maximum absolute atomic E-state index is 11.8. The van der Waals surface area contributed by atoms with Crippen LogP contribution in [-0.2, 0) is 11.3 Å². The summed E-state index contributed by atoms with van der Waals surface area (Å²) in [6.07, 6.45) is -0.490. The molecule has 0 spiro atoms. The molecule has 3 rings (SSSR count). The molecule has 0 aromatic heterocycles. The Labute approximate surface area is 140 Å². The molecule has 0 atom stereocenters. The second-order valence-corrected chi connectivity index (χ2v) is 5.13. The predicted molar refractivity (Wildman–Crippen MR) is 93.2 cm³/mol. The number of hydrogen-bond acceptors (Lipinski definition) is 3. The first-order chi connectivity index (χ1) is 11.8. The quantitative estimate of drug-likeness (QED) is 0.700. The van der Waals surface area contributed by atoms with E-state index < -0.39 is 6.09 Å². The number of anilines is 1. The Morgan fingerprint density at radius 3 is 2.00 bits per heavy atom. The highest BCUT2D eigenvalue weighted by atomic mass is 16.5. The summed E-state index contributed by atoms with van der Waals surface area (Å²) in [6, 6.07) is 26.2. The largest absolute Gasteiger partial charge is 0.457 e. The van der Waals surface area contributed by atoms with Crippen LogP contribution in [0.2, 0.25) is 0 Å². The van der Waals surface area contributed by atoms with Crippen LogP contribution in [0.5, 0.6) is 11.5 Å². The molecule has 0 aliphatic heterocycles. The molecule has 24 heavy (non-hydrogen) atoms. The minimum atomic E-state index is -0.490. The third-order valence-electron chi connectivity index (χ3n) is 3.29. The van der Waals surface area contributed by atoms with Gasteiger partial charge in [-0.2, -0.15) is 0 Å². The molecule has 0 fully saturated rings. The molecule has 1 N–H and O–H groups in total. The van der Waals surface area contributed by atoms with Crippen LogP contribution in [0.4, 0.5) is 10.5 Å². The van der Waals surface area contributed by atoms with E-state index in [-0.39, 0.29) is 6.61 Å². The third-order valence-corrected chi connectivity index (χ3v) is 3.29. The Balaban J connectivity index is 1.51. The molecule has 0 heterocycles. The summed E-state index contributed by atoms with van der Waals surface area (Å²) in [5.74, 6) is 1.46. The second-order valence-electron chi connectivity index (χ2n) is 5.13. The smallest absolute Gasteiger partial charge is 0.411 e. The number of para-hydroxylation sites is 1. The average molecular weight is 319 g/mol. The molecular formula is C20H17NO3. The van der Waals surface area contributed by atoms with E-state index in [0.29, 0.717) is 11.4 Å². The molecule has 3 aromatic rings. The van der Waals surface area contributed by atoms with E-state index >= 15 is 0 Å². The summed E-state index contributed by atoms with van der Waals surface area (Å²) < 4.78 is 10.9. The molecule has 4 heteroatoms. The maximum Gasteiger partial charge on any atom is 0.411 e. The van der Waals surface area contributed by atoms with Crippen molar-refractivity contribution in [3.05, 3.63) is 90.5 Å². The maximum atomic E-state index is 11.8. The molecular weight excluding hydrogens is 302 g/mol. The zero-order valence-corrected chi connectivity index (χ0v) is 13.0. The second kappa shape index (κ2) is 7.83. The Bertz CT molecular complexity index is 771. The molecule has 0 bridgehead atoms. The highest BCUT2D eigenvalue weighted by molar-refractivity contribution is 5.84. The number of nitrogens with one attached hydrogen (secondary N) is 1. The van der Waals surface area contributed by atoms with Crippen molar-refractivity contribution in [1.29, 1.82) is 0 Å². The van der Waals surface area contributed by atoms with E-state index in [4.69, 9.17) is 9.47 Å². The molecule has 3 aromatic carbocycles. The molecule has 0 saturated heterocycles. The van der Waals surface area contributed by atoms with Gasteiger partial charge in [0.15, 0.2) is 0 Å². The van der Waals surface area contributed by atoms with Gasteiger partial charge in [0, 0.05) is 5.69 Å². The lowest BCUT2D eigenvalue weighted by Crippen LogP contribution is -2.13. The Kier molecular flexibility index (Phi) is 5.10. The van der Waals surface area contributed by atoms with Gasteiger partial charge in [-0.15, -0.1) is 0 Å². The van der Waals surface area contributed by atoms with Crippen molar-refractivity contribution >= 4 is 11.8 Å². The number of amides is 1. The number of carbonyl (C=O) groups excluding carboxylic acids is 1. The summed E-state index contributed by atoms with van der Waals surface area (Å²) in [6.45, 7) is 0.238. The van der Waals surface area contributed by atoms with Gasteiger partial charge in [-0.1, -0.05) is 48.5 Å². The van der Waals surface area contributed by atoms with Gasteiger partial charge >= 0.3 is 6.09 Å². The van der Waals surface area contributed by atoms with Gasteiger partial charge in [-0.05, 0) is 42.0 Å². The first-order valence-corrected chi connectivity index (χ1v) is 7.60. The monoisotopic (exact) mass is 319 g/mol. The van der Waals surface area contributed by atoms with Gasteiger partial charge in [0.1, 0.15) is 18.1 Å². The van der Waals surface area contributed by atoms with Crippen molar-refractivity contribution in [3.8, 4) is 11.5 Å². The van der Waals surface area contributed by atoms with Crippen molar-refractivity contribution in [2.75, 3.05) is 5.32 Å². The summed E-state index contributed by atoms with van der Waals surface area (Å²) >= 11 is 0. The van der Waals surface area contributed by atoms with Gasteiger partial charge in [-0.25, -0.2) is 4.79 Å². The van der Waals surface area contributed by atoms with Crippen molar-refractivity contribution < 1.29 is 14.3 Å².